The highest BCUT2D eigenvalue weighted by Gasteiger charge is 2.38. The van der Waals surface area contributed by atoms with Gasteiger partial charge in [0.1, 0.15) is 12.3 Å². The van der Waals surface area contributed by atoms with Crippen LogP contribution in [0.5, 0.6) is 0 Å². The molecule has 2 aromatic carbocycles. The van der Waals surface area contributed by atoms with Gasteiger partial charge in [0.05, 0.1) is 0 Å². The van der Waals surface area contributed by atoms with Crippen molar-refractivity contribution >= 4 is 15.9 Å². The molecular formula is C17H18BrNO. The summed E-state index contributed by atoms with van der Waals surface area (Å²) in [6, 6.07) is 19.2. The number of rotatable bonds is 2. The molecule has 0 spiro atoms. The second-order valence-electron chi connectivity index (χ2n) is 5.28. The van der Waals surface area contributed by atoms with Crippen LogP contribution in [0.25, 0.3) is 0 Å². The van der Waals surface area contributed by atoms with Crippen molar-refractivity contribution in [3.8, 4) is 0 Å². The molecule has 2 aromatic rings. The second kappa shape index (κ2) is 5.68. The summed E-state index contributed by atoms with van der Waals surface area (Å²) < 4.78 is 7.40. The lowest BCUT2D eigenvalue weighted by atomic mass is 10.0. The normalized spacial score (nSPS) is 26.9. The number of benzene rings is 2. The van der Waals surface area contributed by atoms with Crippen LogP contribution in [0.3, 0.4) is 0 Å². The van der Waals surface area contributed by atoms with Crippen molar-refractivity contribution in [2.45, 2.75) is 25.3 Å². The molecule has 1 heterocycles. The summed E-state index contributed by atoms with van der Waals surface area (Å²) in [7, 11) is 2.13. The molecule has 3 rings (SSSR count). The van der Waals surface area contributed by atoms with Gasteiger partial charge < -0.3 is 4.74 Å². The molecule has 2 nitrogen and oxygen atoms in total. The molecule has 1 unspecified atom stereocenters. The van der Waals surface area contributed by atoms with Crippen LogP contribution in [-0.2, 0) is 4.74 Å². The minimum absolute atomic E-state index is 0.0170. The van der Waals surface area contributed by atoms with E-state index >= 15 is 0 Å². The maximum absolute atomic E-state index is 6.31. The minimum atomic E-state index is 0.0170. The number of hydrogen-bond acceptors (Lipinski definition) is 2. The lowest BCUT2D eigenvalue weighted by molar-refractivity contribution is 0.00559. The Labute approximate surface area is 128 Å². The van der Waals surface area contributed by atoms with E-state index in [-0.39, 0.29) is 12.3 Å². The molecule has 0 amide bonds. The van der Waals surface area contributed by atoms with E-state index in [0.717, 1.165) is 4.47 Å². The molecular weight excluding hydrogens is 314 g/mol. The van der Waals surface area contributed by atoms with Crippen molar-refractivity contribution in [2.24, 2.45) is 0 Å². The largest absolute Gasteiger partial charge is 0.349 e. The number of hydrogen-bond donors (Lipinski definition) is 0. The van der Waals surface area contributed by atoms with Crippen LogP contribution in [0.1, 0.15) is 30.4 Å². The van der Waals surface area contributed by atoms with E-state index in [1.165, 1.54) is 11.1 Å². The third-order valence-electron chi connectivity index (χ3n) is 4.01. The molecule has 0 aliphatic carbocycles. The van der Waals surface area contributed by atoms with Crippen LogP contribution in [-0.4, -0.2) is 18.0 Å². The smallest absolute Gasteiger partial charge is 0.137 e. The monoisotopic (exact) mass is 331 g/mol. The summed E-state index contributed by atoms with van der Waals surface area (Å²) in [6.45, 7) is 2.22. The molecule has 0 bridgehead atoms. The topological polar surface area (TPSA) is 12.5 Å². The Bertz CT molecular complexity index is 569. The van der Waals surface area contributed by atoms with Crippen molar-refractivity contribution < 1.29 is 4.74 Å². The van der Waals surface area contributed by atoms with E-state index in [9.17, 15) is 0 Å². The Morgan fingerprint density at radius 2 is 1.60 bits per heavy atom. The Morgan fingerprint density at radius 1 is 0.950 bits per heavy atom. The predicted octanol–water partition coefficient (Wildman–Crippen LogP) is 4.54. The summed E-state index contributed by atoms with van der Waals surface area (Å²) in [5.74, 6) is 0. The van der Waals surface area contributed by atoms with Crippen molar-refractivity contribution in [1.29, 1.82) is 0 Å². The first kappa shape index (κ1) is 13.8. The quantitative estimate of drug-likeness (QED) is 0.801. The minimum Gasteiger partial charge on any atom is -0.349 e. The first-order chi connectivity index (χ1) is 9.66. The molecule has 3 atom stereocenters. The third-order valence-corrected chi connectivity index (χ3v) is 4.54. The Kier molecular flexibility index (Phi) is 3.92. The lowest BCUT2D eigenvalue weighted by Gasteiger charge is -2.21. The van der Waals surface area contributed by atoms with E-state index in [0.29, 0.717) is 6.04 Å². The van der Waals surface area contributed by atoms with Gasteiger partial charge in [-0.15, -0.1) is 0 Å². The SMILES string of the molecule is C[C@H]1[C@H](c2ccccc2)OC(c2ccc(Br)cc2)N1C. The molecule has 0 saturated carbocycles. The Morgan fingerprint density at radius 3 is 2.25 bits per heavy atom. The van der Waals surface area contributed by atoms with Gasteiger partial charge in [0.15, 0.2) is 0 Å². The van der Waals surface area contributed by atoms with Gasteiger partial charge >= 0.3 is 0 Å². The molecule has 1 aliphatic heterocycles. The highest BCUT2D eigenvalue weighted by molar-refractivity contribution is 9.10. The molecule has 20 heavy (non-hydrogen) atoms. The summed E-state index contributed by atoms with van der Waals surface area (Å²) >= 11 is 3.48. The van der Waals surface area contributed by atoms with E-state index < -0.39 is 0 Å². The molecule has 0 N–H and O–H groups in total. The number of halogens is 1. The van der Waals surface area contributed by atoms with Crippen molar-refractivity contribution in [3.63, 3.8) is 0 Å². The maximum atomic E-state index is 6.31. The van der Waals surface area contributed by atoms with Crippen molar-refractivity contribution in [1.82, 2.24) is 4.90 Å². The van der Waals surface area contributed by atoms with Crippen molar-refractivity contribution in [2.75, 3.05) is 7.05 Å². The van der Waals surface area contributed by atoms with Gasteiger partial charge in [-0.2, -0.15) is 0 Å². The average molecular weight is 332 g/mol. The van der Waals surface area contributed by atoms with Gasteiger partial charge in [0.2, 0.25) is 0 Å². The third kappa shape index (κ3) is 2.53. The number of nitrogens with zero attached hydrogens (tertiary/aromatic N) is 1. The van der Waals surface area contributed by atoms with Gasteiger partial charge in [-0.3, -0.25) is 4.90 Å². The van der Waals surface area contributed by atoms with Crippen LogP contribution in [0.4, 0.5) is 0 Å². The summed E-state index contributed by atoms with van der Waals surface area (Å²) in [5.41, 5.74) is 2.44. The zero-order chi connectivity index (χ0) is 14.1. The van der Waals surface area contributed by atoms with Gasteiger partial charge in [-0.1, -0.05) is 58.4 Å². The van der Waals surface area contributed by atoms with Crippen LogP contribution < -0.4 is 0 Å². The van der Waals surface area contributed by atoms with E-state index in [2.05, 4.69) is 83.3 Å². The Hall–Kier alpha value is -1.16. The fourth-order valence-corrected chi connectivity index (χ4v) is 2.98. The lowest BCUT2D eigenvalue weighted by Crippen LogP contribution is -2.27. The molecule has 0 aromatic heterocycles. The highest BCUT2D eigenvalue weighted by atomic mass is 79.9. The predicted molar refractivity (Wildman–Crippen MR) is 84.4 cm³/mol. The number of likely N-dealkylation sites (N-methyl/N-ethyl adjacent to an activating group) is 1. The zero-order valence-electron chi connectivity index (χ0n) is 11.7. The van der Waals surface area contributed by atoms with Crippen LogP contribution >= 0.6 is 15.9 Å². The molecule has 1 saturated heterocycles. The highest BCUT2D eigenvalue weighted by Crippen LogP contribution is 2.41. The van der Waals surface area contributed by atoms with Gasteiger partial charge in [-0.05, 0) is 37.2 Å². The Balaban J connectivity index is 1.87. The molecule has 104 valence electrons. The van der Waals surface area contributed by atoms with Gasteiger partial charge in [0, 0.05) is 10.5 Å². The zero-order valence-corrected chi connectivity index (χ0v) is 13.2. The second-order valence-corrected chi connectivity index (χ2v) is 6.19. The molecule has 0 radical (unpaired) electrons. The average Bonchev–Trinajstić information content (AvgIpc) is 2.77. The maximum Gasteiger partial charge on any atom is 0.137 e. The first-order valence-electron chi connectivity index (χ1n) is 6.84. The fourth-order valence-electron chi connectivity index (χ4n) is 2.72. The molecule has 1 fully saturated rings. The van der Waals surface area contributed by atoms with E-state index in [1.54, 1.807) is 0 Å². The van der Waals surface area contributed by atoms with Gasteiger partial charge in [0.25, 0.3) is 0 Å². The van der Waals surface area contributed by atoms with Crippen LogP contribution in [0.15, 0.2) is 59.1 Å². The summed E-state index contributed by atoms with van der Waals surface area (Å²) in [4.78, 5) is 2.29. The van der Waals surface area contributed by atoms with Crippen LogP contribution in [0.2, 0.25) is 0 Å². The van der Waals surface area contributed by atoms with E-state index in [1.807, 2.05) is 6.07 Å². The molecule has 3 heteroatoms. The molecule has 1 aliphatic rings. The fraction of sp³-hybridized carbons (Fsp3) is 0.294. The number of ether oxygens (including phenoxy) is 1. The first-order valence-corrected chi connectivity index (χ1v) is 7.64. The summed E-state index contributed by atoms with van der Waals surface area (Å²) in [5, 5.41) is 0. The van der Waals surface area contributed by atoms with Crippen LogP contribution in [0, 0.1) is 0 Å². The van der Waals surface area contributed by atoms with Crippen molar-refractivity contribution in [3.05, 3.63) is 70.2 Å². The summed E-state index contributed by atoms with van der Waals surface area (Å²) in [6.07, 6.45) is 0.137. The standard InChI is InChI=1S/C17H18BrNO/c1-12-16(13-6-4-3-5-7-13)20-17(19(12)2)14-8-10-15(18)11-9-14/h3-12,16-17H,1-2H3/t12-,16+,17?/m0/s1. The van der Waals surface area contributed by atoms with Gasteiger partial charge in [-0.25, -0.2) is 0 Å². The van der Waals surface area contributed by atoms with E-state index in [4.69, 9.17) is 4.74 Å².